The molecule has 1 aromatic heterocycles. The van der Waals surface area contributed by atoms with Crippen molar-refractivity contribution in [1.29, 1.82) is 0 Å². The number of benzene rings is 2. The fourth-order valence-corrected chi connectivity index (χ4v) is 3.03. The van der Waals surface area contributed by atoms with Crippen molar-refractivity contribution in [3.05, 3.63) is 71.6 Å². The van der Waals surface area contributed by atoms with Crippen molar-refractivity contribution >= 4 is 29.0 Å². The van der Waals surface area contributed by atoms with Crippen LogP contribution in [0.2, 0.25) is 0 Å². The molecule has 1 heterocycles. The number of nitrogens with zero attached hydrogens (tertiary/aromatic N) is 2. The van der Waals surface area contributed by atoms with Gasteiger partial charge in [0.2, 0.25) is 5.91 Å². The Hall–Kier alpha value is -3.41. The van der Waals surface area contributed by atoms with E-state index in [2.05, 4.69) is 12.1 Å². The van der Waals surface area contributed by atoms with Crippen molar-refractivity contribution < 1.29 is 14.7 Å². The number of carbonyl (C=O) groups excluding carboxylic acids is 1. The van der Waals surface area contributed by atoms with Gasteiger partial charge in [0, 0.05) is 19.0 Å². The molecule has 6 nitrogen and oxygen atoms in total. The summed E-state index contributed by atoms with van der Waals surface area (Å²) in [7, 11) is 0. The van der Waals surface area contributed by atoms with Gasteiger partial charge in [-0.25, -0.2) is 4.98 Å². The molecule has 0 saturated heterocycles. The lowest BCUT2D eigenvalue weighted by atomic mass is 10.1. The summed E-state index contributed by atoms with van der Waals surface area (Å²) in [5.41, 5.74) is 8.83. The average molecular weight is 363 g/mol. The van der Waals surface area contributed by atoms with Gasteiger partial charge in [0.05, 0.1) is 17.5 Å². The van der Waals surface area contributed by atoms with Crippen LogP contribution in [-0.2, 0) is 29.0 Å². The molecular weight excluding hydrogens is 342 g/mol. The summed E-state index contributed by atoms with van der Waals surface area (Å²) < 4.78 is 1.97. The van der Waals surface area contributed by atoms with E-state index in [1.807, 2.05) is 41.0 Å². The van der Waals surface area contributed by atoms with Gasteiger partial charge in [-0.05, 0) is 35.8 Å². The largest absolute Gasteiger partial charge is 0.481 e. The van der Waals surface area contributed by atoms with E-state index in [0.717, 1.165) is 28.8 Å². The number of aromatic nitrogens is 2. The van der Waals surface area contributed by atoms with Crippen molar-refractivity contribution in [2.75, 3.05) is 0 Å². The van der Waals surface area contributed by atoms with Gasteiger partial charge < -0.3 is 15.4 Å². The third kappa shape index (κ3) is 4.82. The third-order valence-electron chi connectivity index (χ3n) is 4.32. The van der Waals surface area contributed by atoms with Crippen LogP contribution in [-0.4, -0.2) is 26.5 Å². The van der Waals surface area contributed by atoms with E-state index in [1.165, 1.54) is 11.6 Å². The Kier molecular flexibility index (Phi) is 5.66. The molecule has 138 valence electrons. The van der Waals surface area contributed by atoms with Crippen molar-refractivity contribution in [3.8, 4) is 0 Å². The number of carbonyl (C=O) groups is 2. The Morgan fingerprint density at radius 2 is 1.89 bits per heavy atom. The Morgan fingerprint density at radius 3 is 2.59 bits per heavy atom. The molecule has 0 aliphatic heterocycles. The highest BCUT2D eigenvalue weighted by molar-refractivity contribution is 5.91. The van der Waals surface area contributed by atoms with Crippen molar-refractivity contribution in [3.63, 3.8) is 0 Å². The topological polar surface area (TPSA) is 98.2 Å². The Morgan fingerprint density at radius 1 is 1.11 bits per heavy atom. The van der Waals surface area contributed by atoms with Gasteiger partial charge in [0.15, 0.2) is 0 Å². The van der Waals surface area contributed by atoms with Gasteiger partial charge in [0.25, 0.3) is 0 Å². The fourth-order valence-electron chi connectivity index (χ4n) is 3.03. The van der Waals surface area contributed by atoms with Crippen LogP contribution in [0.3, 0.4) is 0 Å². The van der Waals surface area contributed by atoms with E-state index < -0.39 is 11.9 Å². The van der Waals surface area contributed by atoms with Crippen LogP contribution in [0.5, 0.6) is 0 Å². The lowest BCUT2D eigenvalue weighted by Gasteiger charge is -2.08. The fraction of sp³-hybridized carbons (Fsp3) is 0.190. The number of fused-ring (bicyclic) bond motifs is 1. The number of aryl methyl sites for hydroxylation is 3. The molecule has 0 spiro atoms. The van der Waals surface area contributed by atoms with E-state index in [9.17, 15) is 9.59 Å². The Labute approximate surface area is 156 Å². The van der Waals surface area contributed by atoms with Gasteiger partial charge in [0.1, 0.15) is 5.82 Å². The second kappa shape index (κ2) is 8.31. The lowest BCUT2D eigenvalue weighted by Crippen LogP contribution is -2.09. The van der Waals surface area contributed by atoms with Gasteiger partial charge in [-0.2, -0.15) is 0 Å². The summed E-state index contributed by atoms with van der Waals surface area (Å²) in [6, 6.07) is 15.7. The predicted octanol–water partition coefficient (Wildman–Crippen LogP) is 2.79. The summed E-state index contributed by atoms with van der Waals surface area (Å²) in [6.45, 7) is 0.367. The lowest BCUT2D eigenvalue weighted by molar-refractivity contribution is -0.137. The molecule has 1 amide bonds. The number of hydrogen-bond acceptors (Lipinski definition) is 3. The highest BCUT2D eigenvalue weighted by Gasteiger charge is 2.12. The van der Waals surface area contributed by atoms with Crippen molar-refractivity contribution in [2.24, 2.45) is 5.73 Å². The molecule has 27 heavy (non-hydrogen) atoms. The summed E-state index contributed by atoms with van der Waals surface area (Å²) in [6.07, 6.45) is 4.52. The number of primary amides is 1. The van der Waals surface area contributed by atoms with Crippen LogP contribution >= 0.6 is 0 Å². The second-order valence-electron chi connectivity index (χ2n) is 6.29. The molecule has 0 aliphatic carbocycles. The molecule has 2 aromatic carbocycles. The summed E-state index contributed by atoms with van der Waals surface area (Å²) in [5.74, 6) is -0.497. The SMILES string of the molecule is NC(=O)C=Cc1ccc2c(c1)nc(CCc1ccccc1)n2CCC(=O)O. The number of aliphatic carboxylic acids is 1. The quantitative estimate of drug-likeness (QED) is 0.601. The first-order valence-electron chi connectivity index (χ1n) is 8.75. The standard InChI is InChI=1S/C21H21N3O3/c22-19(25)10-7-16-6-9-18-17(14-16)23-20(24(18)13-12-21(26)27)11-8-15-4-2-1-3-5-15/h1-7,9-10,14H,8,11-13H2,(H2,22,25)(H,26,27). The molecule has 3 aromatic rings. The maximum atomic E-state index is 11.0. The number of hydrogen-bond donors (Lipinski definition) is 2. The minimum absolute atomic E-state index is 0.0348. The molecule has 0 unspecified atom stereocenters. The van der Waals surface area contributed by atoms with Crippen LogP contribution in [0.4, 0.5) is 0 Å². The average Bonchev–Trinajstić information content (AvgIpc) is 3.00. The van der Waals surface area contributed by atoms with Gasteiger partial charge >= 0.3 is 5.97 Å². The molecule has 0 atom stereocenters. The number of imidazole rings is 1. The molecule has 0 aliphatic rings. The minimum atomic E-state index is -0.841. The zero-order valence-electron chi connectivity index (χ0n) is 14.8. The normalized spacial score (nSPS) is 11.3. The molecule has 0 fully saturated rings. The summed E-state index contributed by atoms with van der Waals surface area (Å²) in [4.78, 5) is 26.7. The van der Waals surface area contributed by atoms with Crippen LogP contribution in [0.15, 0.2) is 54.6 Å². The minimum Gasteiger partial charge on any atom is -0.481 e. The van der Waals surface area contributed by atoms with E-state index in [4.69, 9.17) is 15.8 Å². The first-order valence-corrected chi connectivity index (χ1v) is 8.75. The first-order chi connectivity index (χ1) is 13.0. The first kappa shape index (κ1) is 18.4. The maximum Gasteiger partial charge on any atom is 0.305 e. The Bertz CT molecular complexity index is 991. The van der Waals surface area contributed by atoms with E-state index in [1.54, 1.807) is 6.08 Å². The van der Waals surface area contributed by atoms with E-state index >= 15 is 0 Å². The molecule has 3 N–H and O–H groups in total. The van der Waals surface area contributed by atoms with Crippen molar-refractivity contribution in [1.82, 2.24) is 9.55 Å². The van der Waals surface area contributed by atoms with E-state index in [-0.39, 0.29) is 6.42 Å². The molecule has 6 heteroatoms. The van der Waals surface area contributed by atoms with Crippen LogP contribution in [0.1, 0.15) is 23.4 Å². The van der Waals surface area contributed by atoms with Gasteiger partial charge in [-0.15, -0.1) is 0 Å². The zero-order chi connectivity index (χ0) is 19.2. The predicted molar refractivity (Wildman–Crippen MR) is 104 cm³/mol. The van der Waals surface area contributed by atoms with Gasteiger partial charge in [-0.3, -0.25) is 9.59 Å². The van der Waals surface area contributed by atoms with Crippen LogP contribution < -0.4 is 5.73 Å². The number of carboxylic acids is 1. The summed E-state index contributed by atoms with van der Waals surface area (Å²) in [5, 5.41) is 9.06. The number of amides is 1. The molecule has 0 bridgehead atoms. The summed E-state index contributed by atoms with van der Waals surface area (Å²) >= 11 is 0. The van der Waals surface area contributed by atoms with Crippen LogP contribution in [0.25, 0.3) is 17.1 Å². The zero-order valence-corrected chi connectivity index (χ0v) is 14.8. The van der Waals surface area contributed by atoms with Gasteiger partial charge in [-0.1, -0.05) is 36.4 Å². The number of nitrogens with two attached hydrogens (primary N) is 1. The maximum absolute atomic E-state index is 11.0. The Balaban J connectivity index is 1.92. The third-order valence-corrected chi connectivity index (χ3v) is 4.32. The smallest absolute Gasteiger partial charge is 0.305 e. The molecule has 0 radical (unpaired) electrons. The highest BCUT2D eigenvalue weighted by Crippen LogP contribution is 2.21. The number of rotatable bonds is 8. The second-order valence-corrected chi connectivity index (χ2v) is 6.29. The number of carboxylic acid groups (broad SMARTS) is 1. The monoisotopic (exact) mass is 363 g/mol. The van der Waals surface area contributed by atoms with E-state index in [0.29, 0.717) is 13.0 Å². The molecular formula is C21H21N3O3. The highest BCUT2D eigenvalue weighted by atomic mass is 16.4. The van der Waals surface area contributed by atoms with Crippen LogP contribution in [0, 0.1) is 0 Å². The van der Waals surface area contributed by atoms with Crippen molar-refractivity contribution in [2.45, 2.75) is 25.8 Å². The molecule has 0 saturated carbocycles. The molecule has 3 rings (SSSR count).